The van der Waals surface area contributed by atoms with Gasteiger partial charge in [-0.15, -0.1) is 0 Å². The monoisotopic (exact) mass is 308 g/mol. The van der Waals surface area contributed by atoms with Gasteiger partial charge in [-0.3, -0.25) is 0 Å². The maximum Gasteiger partial charge on any atom is 0.226 e. The van der Waals surface area contributed by atoms with Crippen molar-refractivity contribution in [2.75, 3.05) is 17.2 Å². The molecule has 2 aromatic heterocycles. The van der Waals surface area contributed by atoms with Crippen LogP contribution in [0.4, 0.5) is 17.5 Å². The van der Waals surface area contributed by atoms with Crippen LogP contribution < -0.4 is 10.6 Å². The van der Waals surface area contributed by atoms with Crippen molar-refractivity contribution in [1.82, 2.24) is 19.9 Å². The first-order valence-electron chi connectivity index (χ1n) is 7.74. The molecule has 0 aliphatic heterocycles. The van der Waals surface area contributed by atoms with Crippen molar-refractivity contribution in [1.29, 1.82) is 0 Å². The molecule has 118 valence electrons. The molecule has 0 saturated carbocycles. The van der Waals surface area contributed by atoms with E-state index in [4.69, 9.17) is 0 Å². The van der Waals surface area contributed by atoms with E-state index in [1.54, 1.807) is 12.4 Å². The normalized spacial score (nSPS) is 10.7. The van der Waals surface area contributed by atoms with Gasteiger partial charge >= 0.3 is 0 Å². The van der Waals surface area contributed by atoms with Gasteiger partial charge in [-0.1, -0.05) is 24.6 Å². The second-order valence-electron chi connectivity index (χ2n) is 5.49. The Balaban J connectivity index is 2.03. The topological polar surface area (TPSA) is 75.6 Å². The van der Waals surface area contributed by atoms with Gasteiger partial charge < -0.3 is 10.6 Å². The molecule has 3 aromatic rings. The molecule has 6 heteroatoms. The number of aryl methyl sites for hydroxylation is 2. The van der Waals surface area contributed by atoms with E-state index in [0.717, 1.165) is 24.2 Å². The van der Waals surface area contributed by atoms with Gasteiger partial charge in [-0.05, 0) is 31.9 Å². The number of anilines is 3. The van der Waals surface area contributed by atoms with E-state index in [1.165, 1.54) is 5.56 Å². The van der Waals surface area contributed by atoms with Gasteiger partial charge in [-0.2, -0.15) is 9.97 Å². The van der Waals surface area contributed by atoms with Gasteiger partial charge in [0, 0.05) is 24.6 Å². The largest absolute Gasteiger partial charge is 0.354 e. The summed E-state index contributed by atoms with van der Waals surface area (Å²) >= 11 is 0. The Morgan fingerprint density at radius 1 is 1.04 bits per heavy atom. The lowest BCUT2D eigenvalue weighted by molar-refractivity contribution is 0.955. The third kappa shape index (κ3) is 3.36. The van der Waals surface area contributed by atoms with Crippen LogP contribution in [0.1, 0.15) is 24.5 Å². The molecule has 1 aromatic carbocycles. The summed E-state index contributed by atoms with van der Waals surface area (Å²) in [5.41, 5.74) is 4.62. The zero-order chi connectivity index (χ0) is 16.2. The maximum absolute atomic E-state index is 4.56. The van der Waals surface area contributed by atoms with Crippen LogP contribution in [0.3, 0.4) is 0 Å². The van der Waals surface area contributed by atoms with Crippen molar-refractivity contribution < 1.29 is 0 Å². The molecule has 0 bridgehead atoms. The fourth-order valence-corrected chi connectivity index (χ4v) is 2.35. The van der Waals surface area contributed by atoms with E-state index in [1.807, 2.05) is 6.07 Å². The summed E-state index contributed by atoms with van der Waals surface area (Å²) in [7, 11) is 0. The first kappa shape index (κ1) is 15.1. The lowest BCUT2D eigenvalue weighted by atomic mass is 10.1. The van der Waals surface area contributed by atoms with Crippen molar-refractivity contribution in [3.8, 4) is 0 Å². The van der Waals surface area contributed by atoms with Crippen molar-refractivity contribution >= 4 is 28.6 Å². The summed E-state index contributed by atoms with van der Waals surface area (Å²) in [4.78, 5) is 17.6. The van der Waals surface area contributed by atoms with Crippen molar-refractivity contribution in [3.63, 3.8) is 0 Å². The van der Waals surface area contributed by atoms with Crippen LogP contribution in [0, 0.1) is 13.8 Å². The van der Waals surface area contributed by atoms with Gasteiger partial charge in [0.1, 0.15) is 0 Å². The first-order chi connectivity index (χ1) is 11.2. The molecule has 0 fully saturated rings. The van der Waals surface area contributed by atoms with Crippen LogP contribution in [0.25, 0.3) is 11.2 Å². The third-order valence-electron chi connectivity index (χ3n) is 3.50. The minimum atomic E-state index is 0.562. The van der Waals surface area contributed by atoms with Crippen molar-refractivity contribution in [3.05, 3.63) is 41.7 Å². The molecule has 0 radical (unpaired) electrons. The zero-order valence-corrected chi connectivity index (χ0v) is 13.6. The lowest BCUT2D eigenvalue weighted by Crippen LogP contribution is -2.08. The van der Waals surface area contributed by atoms with Gasteiger partial charge in [0.15, 0.2) is 17.0 Å². The molecule has 0 amide bonds. The Hall–Kier alpha value is -2.76. The molecule has 0 saturated heterocycles. The Morgan fingerprint density at radius 2 is 1.87 bits per heavy atom. The fraction of sp³-hybridized carbons (Fsp3) is 0.294. The summed E-state index contributed by atoms with van der Waals surface area (Å²) in [5, 5.41) is 6.57. The molecule has 0 atom stereocenters. The molecule has 2 heterocycles. The van der Waals surface area contributed by atoms with Gasteiger partial charge in [0.25, 0.3) is 0 Å². The third-order valence-corrected chi connectivity index (χ3v) is 3.50. The summed E-state index contributed by atoms with van der Waals surface area (Å²) in [6.07, 6.45) is 4.29. The second kappa shape index (κ2) is 6.56. The van der Waals surface area contributed by atoms with E-state index in [-0.39, 0.29) is 0 Å². The quantitative estimate of drug-likeness (QED) is 0.750. The molecule has 0 unspecified atom stereocenters. The minimum Gasteiger partial charge on any atom is -0.354 e. The number of fused-ring (bicyclic) bond motifs is 1. The highest BCUT2D eigenvalue weighted by Gasteiger charge is 2.11. The van der Waals surface area contributed by atoms with Gasteiger partial charge in [0.2, 0.25) is 5.95 Å². The smallest absolute Gasteiger partial charge is 0.226 e. The Bertz CT molecular complexity index is 830. The number of hydrogen-bond acceptors (Lipinski definition) is 6. The number of hydrogen-bond donors (Lipinski definition) is 2. The second-order valence-corrected chi connectivity index (χ2v) is 5.49. The zero-order valence-electron chi connectivity index (χ0n) is 13.6. The average Bonchev–Trinajstić information content (AvgIpc) is 2.55. The molecule has 0 aliphatic rings. The molecule has 0 spiro atoms. The van der Waals surface area contributed by atoms with E-state index in [0.29, 0.717) is 22.9 Å². The van der Waals surface area contributed by atoms with Crippen molar-refractivity contribution in [2.24, 2.45) is 0 Å². The number of rotatable bonds is 5. The number of nitrogens with one attached hydrogen (secondary N) is 2. The van der Waals surface area contributed by atoms with Crippen LogP contribution in [0.5, 0.6) is 0 Å². The van der Waals surface area contributed by atoms with Gasteiger partial charge in [-0.25, -0.2) is 9.97 Å². The Morgan fingerprint density at radius 3 is 2.65 bits per heavy atom. The van der Waals surface area contributed by atoms with Gasteiger partial charge in [0.05, 0.1) is 0 Å². The summed E-state index contributed by atoms with van der Waals surface area (Å²) < 4.78 is 0. The highest BCUT2D eigenvalue weighted by Crippen LogP contribution is 2.25. The molecule has 23 heavy (non-hydrogen) atoms. The highest BCUT2D eigenvalue weighted by atomic mass is 15.2. The van der Waals surface area contributed by atoms with Crippen LogP contribution in [0.2, 0.25) is 0 Å². The SMILES string of the molecule is CCCNc1nc(Nc2ccc(C)cc2C)c2nccnc2n1. The molecule has 3 rings (SSSR count). The summed E-state index contributed by atoms with van der Waals surface area (Å²) in [6, 6.07) is 6.25. The van der Waals surface area contributed by atoms with Crippen LogP contribution in [-0.4, -0.2) is 26.5 Å². The summed E-state index contributed by atoms with van der Waals surface area (Å²) in [5.74, 6) is 1.22. The lowest BCUT2D eigenvalue weighted by Gasteiger charge is -2.12. The van der Waals surface area contributed by atoms with E-state index >= 15 is 0 Å². The van der Waals surface area contributed by atoms with E-state index in [2.05, 4.69) is 63.5 Å². The number of nitrogens with zero attached hydrogens (tertiary/aromatic N) is 4. The van der Waals surface area contributed by atoms with Crippen LogP contribution in [0.15, 0.2) is 30.6 Å². The number of benzene rings is 1. The van der Waals surface area contributed by atoms with Crippen molar-refractivity contribution in [2.45, 2.75) is 27.2 Å². The van der Waals surface area contributed by atoms with E-state index < -0.39 is 0 Å². The fourth-order valence-electron chi connectivity index (χ4n) is 2.35. The highest BCUT2D eigenvalue weighted by molar-refractivity contribution is 5.86. The molecular weight excluding hydrogens is 288 g/mol. The molecule has 2 N–H and O–H groups in total. The summed E-state index contributed by atoms with van der Waals surface area (Å²) in [6.45, 7) is 7.06. The predicted molar refractivity (Wildman–Crippen MR) is 93.1 cm³/mol. The first-order valence-corrected chi connectivity index (χ1v) is 7.74. The molecular formula is C17H20N6. The predicted octanol–water partition coefficient (Wildman–Crippen LogP) is 3.60. The minimum absolute atomic E-state index is 0.562. The van der Waals surface area contributed by atoms with Crippen LogP contribution >= 0.6 is 0 Å². The Labute approximate surface area is 135 Å². The number of aromatic nitrogens is 4. The molecule has 6 nitrogen and oxygen atoms in total. The standard InChI is InChI=1S/C17H20N6/c1-4-7-20-17-22-15-14(18-8-9-19-15)16(23-17)21-13-6-5-11(2)10-12(13)3/h5-6,8-10H,4,7H2,1-3H3,(H2,19,20,21,22,23). The average molecular weight is 308 g/mol. The van der Waals surface area contributed by atoms with E-state index in [9.17, 15) is 0 Å². The maximum atomic E-state index is 4.56. The molecule has 0 aliphatic carbocycles. The Kier molecular flexibility index (Phi) is 4.32. The van der Waals surface area contributed by atoms with Crippen LogP contribution in [-0.2, 0) is 0 Å².